The van der Waals surface area contributed by atoms with E-state index in [2.05, 4.69) is 10.1 Å². The topological polar surface area (TPSA) is 102 Å². The Morgan fingerprint density at radius 2 is 2.08 bits per heavy atom. The lowest BCUT2D eigenvalue weighted by atomic mass is 10.2. The molecule has 2 aromatic heterocycles. The lowest BCUT2D eigenvalue weighted by Gasteiger charge is -2.21. The van der Waals surface area contributed by atoms with E-state index in [1.54, 1.807) is 27.0 Å². The molecule has 0 saturated carbocycles. The molecule has 0 fully saturated rings. The maximum absolute atomic E-state index is 12.4. The molecule has 0 aliphatic heterocycles. The molecule has 0 radical (unpaired) electrons. The number of esters is 1. The van der Waals surface area contributed by atoms with Crippen molar-refractivity contribution in [3.8, 4) is 0 Å². The molecule has 0 spiro atoms. The van der Waals surface area contributed by atoms with Crippen LogP contribution in [0.2, 0.25) is 0 Å². The van der Waals surface area contributed by atoms with Crippen molar-refractivity contribution in [1.29, 1.82) is 0 Å². The van der Waals surface area contributed by atoms with Gasteiger partial charge in [-0.1, -0.05) is 0 Å². The maximum atomic E-state index is 12.4. The molecular formula is C17H20N2O6. The van der Waals surface area contributed by atoms with Crippen molar-refractivity contribution in [3.63, 3.8) is 0 Å². The summed E-state index contributed by atoms with van der Waals surface area (Å²) in [7, 11) is 2.87. The zero-order chi connectivity index (χ0) is 18.6. The van der Waals surface area contributed by atoms with Crippen LogP contribution in [-0.4, -0.2) is 42.9 Å². The fourth-order valence-electron chi connectivity index (χ4n) is 2.31. The number of nitrogens with one attached hydrogen (secondary N) is 1. The molecule has 2 heterocycles. The summed E-state index contributed by atoms with van der Waals surface area (Å²) >= 11 is 0. The third-order valence-corrected chi connectivity index (χ3v) is 3.64. The summed E-state index contributed by atoms with van der Waals surface area (Å²) in [5.74, 6) is -0.330. The molecule has 2 rings (SSSR count). The highest BCUT2D eigenvalue weighted by atomic mass is 16.5. The van der Waals surface area contributed by atoms with E-state index >= 15 is 0 Å². The van der Waals surface area contributed by atoms with E-state index in [4.69, 9.17) is 8.83 Å². The molecule has 134 valence electrons. The van der Waals surface area contributed by atoms with Crippen molar-refractivity contribution in [2.24, 2.45) is 0 Å². The summed E-state index contributed by atoms with van der Waals surface area (Å²) in [5, 5.41) is 2.60. The van der Waals surface area contributed by atoms with Crippen molar-refractivity contribution in [3.05, 3.63) is 47.3 Å². The SMILES string of the molecule is COC(=O)c1cc(CN(C)C(=O)[C@@H](C)NC(=O)c2ccoc2)oc1C. The Bertz CT molecular complexity index is 762. The molecule has 2 amide bonds. The van der Waals surface area contributed by atoms with Gasteiger partial charge in [0, 0.05) is 7.05 Å². The van der Waals surface area contributed by atoms with E-state index in [-0.39, 0.29) is 12.5 Å². The van der Waals surface area contributed by atoms with E-state index in [0.29, 0.717) is 22.6 Å². The molecular weight excluding hydrogens is 328 g/mol. The zero-order valence-electron chi connectivity index (χ0n) is 14.5. The summed E-state index contributed by atoms with van der Waals surface area (Å²) < 4.78 is 15.0. The van der Waals surface area contributed by atoms with Crippen molar-refractivity contribution in [2.45, 2.75) is 26.4 Å². The number of rotatable bonds is 6. The minimum absolute atomic E-state index is 0.155. The van der Waals surface area contributed by atoms with Crippen molar-refractivity contribution >= 4 is 17.8 Å². The Labute approximate surface area is 144 Å². The van der Waals surface area contributed by atoms with E-state index < -0.39 is 17.9 Å². The predicted octanol–water partition coefficient (Wildman–Crippen LogP) is 1.74. The van der Waals surface area contributed by atoms with Gasteiger partial charge in [0.1, 0.15) is 29.4 Å². The highest BCUT2D eigenvalue weighted by Gasteiger charge is 2.23. The molecule has 8 heteroatoms. The first-order valence-electron chi connectivity index (χ1n) is 7.59. The van der Waals surface area contributed by atoms with Gasteiger partial charge in [-0.3, -0.25) is 9.59 Å². The first kappa shape index (κ1) is 18.3. The van der Waals surface area contributed by atoms with Gasteiger partial charge in [-0.15, -0.1) is 0 Å². The average molecular weight is 348 g/mol. The smallest absolute Gasteiger partial charge is 0.341 e. The molecule has 0 saturated heterocycles. The summed E-state index contributed by atoms with van der Waals surface area (Å²) in [5.41, 5.74) is 0.659. The van der Waals surface area contributed by atoms with Crippen molar-refractivity contribution in [2.75, 3.05) is 14.2 Å². The number of amides is 2. The Morgan fingerprint density at radius 3 is 2.68 bits per heavy atom. The number of ether oxygens (including phenoxy) is 1. The van der Waals surface area contributed by atoms with Crippen LogP contribution in [0.4, 0.5) is 0 Å². The van der Waals surface area contributed by atoms with Crippen molar-refractivity contribution < 1.29 is 28.0 Å². The maximum Gasteiger partial charge on any atom is 0.341 e. The Morgan fingerprint density at radius 1 is 1.36 bits per heavy atom. The van der Waals surface area contributed by atoms with Gasteiger partial charge in [0.25, 0.3) is 5.91 Å². The highest BCUT2D eigenvalue weighted by molar-refractivity contribution is 5.97. The second-order valence-corrected chi connectivity index (χ2v) is 5.58. The van der Waals surface area contributed by atoms with Crippen LogP contribution in [0.1, 0.15) is 39.2 Å². The average Bonchev–Trinajstić information content (AvgIpc) is 3.23. The van der Waals surface area contributed by atoms with Crippen LogP contribution < -0.4 is 5.32 Å². The molecule has 0 bridgehead atoms. The summed E-state index contributed by atoms with van der Waals surface area (Å²) in [6, 6.07) is 2.32. The van der Waals surface area contributed by atoms with Gasteiger partial charge in [-0.2, -0.15) is 0 Å². The van der Waals surface area contributed by atoms with Crippen LogP contribution in [0.15, 0.2) is 33.5 Å². The second-order valence-electron chi connectivity index (χ2n) is 5.58. The number of hydrogen-bond acceptors (Lipinski definition) is 6. The van der Waals surface area contributed by atoms with E-state index in [1.165, 1.54) is 30.6 Å². The predicted molar refractivity (Wildman–Crippen MR) is 86.9 cm³/mol. The van der Waals surface area contributed by atoms with Crippen LogP contribution in [0.3, 0.4) is 0 Å². The van der Waals surface area contributed by atoms with Crippen LogP contribution in [0.5, 0.6) is 0 Å². The molecule has 8 nitrogen and oxygen atoms in total. The normalized spacial score (nSPS) is 11.7. The minimum atomic E-state index is -0.733. The lowest BCUT2D eigenvalue weighted by molar-refractivity contribution is -0.132. The molecule has 0 aromatic carbocycles. The van der Waals surface area contributed by atoms with Gasteiger partial charge in [-0.25, -0.2) is 4.79 Å². The second kappa shape index (κ2) is 7.69. The number of carbonyl (C=O) groups is 3. The highest BCUT2D eigenvalue weighted by Crippen LogP contribution is 2.17. The number of nitrogens with zero attached hydrogens (tertiary/aromatic N) is 1. The number of hydrogen-bond donors (Lipinski definition) is 1. The monoisotopic (exact) mass is 348 g/mol. The standard InChI is InChI=1S/C17H20N2O6/c1-10(18-15(20)12-5-6-24-9-12)16(21)19(3)8-13-7-14(11(2)25-13)17(22)23-4/h5-7,9-10H,8H2,1-4H3,(H,18,20)/t10-/m1/s1. The fraction of sp³-hybridized carbons (Fsp3) is 0.353. The molecule has 0 aliphatic rings. The molecule has 2 aromatic rings. The lowest BCUT2D eigenvalue weighted by Crippen LogP contribution is -2.45. The van der Waals surface area contributed by atoms with Crippen LogP contribution in [-0.2, 0) is 16.1 Å². The summed E-state index contributed by atoms with van der Waals surface area (Å²) in [6.45, 7) is 3.39. The Balaban J connectivity index is 1.97. The number of carbonyl (C=O) groups excluding carboxylic acids is 3. The van der Waals surface area contributed by atoms with Gasteiger partial charge in [0.2, 0.25) is 5.91 Å². The minimum Gasteiger partial charge on any atom is -0.472 e. The van der Waals surface area contributed by atoms with E-state index in [9.17, 15) is 14.4 Å². The molecule has 0 aliphatic carbocycles. The van der Waals surface area contributed by atoms with Gasteiger partial charge < -0.3 is 23.8 Å². The van der Waals surface area contributed by atoms with Gasteiger partial charge in [-0.05, 0) is 26.0 Å². The number of methoxy groups -OCH3 is 1. The first-order chi connectivity index (χ1) is 11.8. The van der Waals surface area contributed by atoms with Crippen LogP contribution >= 0.6 is 0 Å². The molecule has 1 atom stereocenters. The third kappa shape index (κ3) is 4.28. The van der Waals surface area contributed by atoms with Crippen molar-refractivity contribution in [1.82, 2.24) is 10.2 Å². The van der Waals surface area contributed by atoms with Gasteiger partial charge >= 0.3 is 5.97 Å². The Kier molecular flexibility index (Phi) is 5.63. The molecule has 1 N–H and O–H groups in total. The first-order valence-corrected chi connectivity index (χ1v) is 7.59. The van der Waals surface area contributed by atoms with E-state index in [0.717, 1.165) is 0 Å². The van der Waals surface area contributed by atoms with Gasteiger partial charge in [0.05, 0.1) is 25.5 Å². The molecule has 0 unspecified atom stereocenters. The molecule has 25 heavy (non-hydrogen) atoms. The quantitative estimate of drug-likeness (QED) is 0.798. The fourth-order valence-corrected chi connectivity index (χ4v) is 2.31. The largest absolute Gasteiger partial charge is 0.472 e. The number of likely N-dealkylation sites (N-methyl/N-ethyl adjacent to an activating group) is 1. The van der Waals surface area contributed by atoms with Crippen LogP contribution in [0, 0.1) is 6.92 Å². The van der Waals surface area contributed by atoms with Crippen LogP contribution in [0.25, 0.3) is 0 Å². The zero-order valence-corrected chi connectivity index (χ0v) is 14.5. The van der Waals surface area contributed by atoms with Gasteiger partial charge in [0.15, 0.2) is 0 Å². The summed E-state index contributed by atoms with van der Waals surface area (Å²) in [4.78, 5) is 37.3. The summed E-state index contributed by atoms with van der Waals surface area (Å²) in [6.07, 6.45) is 2.68. The number of furan rings is 2. The van der Waals surface area contributed by atoms with E-state index in [1.807, 2.05) is 0 Å². The Hall–Kier alpha value is -3.03. The number of aryl methyl sites for hydroxylation is 1. The third-order valence-electron chi connectivity index (χ3n) is 3.64.